The van der Waals surface area contributed by atoms with Crippen molar-refractivity contribution in [2.24, 2.45) is 0 Å². The molecule has 0 amide bonds. The molecule has 0 radical (unpaired) electrons. The minimum Gasteiger partial charge on any atom is -0.372 e. The second-order valence-corrected chi connectivity index (χ2v) is 10.3. The summed E-state index contributed by atoms with van der Waals surface area (Å²) in [4.78, 5) is 7.02. The highest BCUT2D eigenvalue weighted by atomic mass is 35.5. The summed E-state index contributed by atoms with van der Waals surface area (Å²) in [5, 5.41) is 5.18. The monoisotopic (exact) mass is 538 g/mol. The molecule has 1 N–H and O–H groups in total. The molecule has 0 saturated heterocycles. The lowest BCUT2D eigenvalue weighted by Gasteiger charge is -2.34. The Morgan fingerprint density at radius 3 is 1.32 bits per heavy atom. The summed E-state index contributed by atoms with van der Waals surface area (Å²) in [5.74, 6) is -0.0616. The molecule has 4 rings (SSSR count). The van der Waals surface area contributed by atoms with Gasteiger partial charge in [0.05, 0.1) is 0 Å². The zero-order valence-corrected chi connectivity index (χ0v) is 24.5. The fraction of sp³-hybridized carbons (Fsp3) is 0.419. The molecule has 0 aromatic heterocycles. The zero-order chi connectivity index (χ0) is 26.7. The number of hydrogen-bond donors (Lipinski definition) is 1. The molecule has 0 bridgehead atoms. The van der Waals surface area contributed by atoms with Crippen molar-refractivity contribution in [2.45, 2.75) is 47.5 Å². The van der Waals surface area contributed by atoms with Gasteiger partial charge in [-0.3, -0.25) is 0 Å². The van der Waals surface area contributed by atoms with Crippen LogP contribution in [0.15, 0.2) is 48.5 Å². The topological polar surface area (TPSA) is 21.8 Å². The van der Waals surface area contributed by atoms with E-state index in [2.05, 4.69) is 110 Å². The van der Waals surface area contributed by atoms with Crippen molar-refractivity contribution >= 4 is 51.6 Å². The van der Waals surface area contributed by atoms with Crippen LogP contribution in [0.3, 0.4) is 0 Å². The van der Waals surface area contributed by atoms with E-state index in [9.17, 15) is 0 Å². The van der Waals surface area contributed by atoms with Gasteiger partial charge in [0.2, 0.25) is 0 Å². The molecule has 0 spiro atoms. The summed E-state index contributed by atoms with van der Waals surface area (Å²) >= 11 is 14.1. The van der Waals surface area contributed by atoms with E-state index in [1.165, 1.54) is 22.5 Å². The highest BCUT2D eigenvalue weighted by molar-refractivity contribution is 6.36. The molecule has 0 aliphatic carbocycles. The Labute approximate surface area is 233 Å². The van der Waals surface area contributed by atoms with Gasteiger partial charge in [0, 0.05) is 89.2 Å². The third-order valence-corrected chi connectivity index (χ3v) is 8.33. The summed E-state index contributed by atoms with van der Waals surface area (Å²) in [6.45, 7) is 18.8. The molecule has 3 aromatic rings. The Hall–Kier alpha value is -2.56. The maximum absolute atomic E-state index is 7.06. The first-order chi connectivity index (χ1) is 17.9. The normalized spacial score (nSPS) is 12.5. The molecule has 1 aliphatic rings. The van der Waals surface area contributed by atoms with Crippen molar-refractivity contribution in [3.05, 3.63) is 75.3 Å². The van der Waals surface area contributed by atoms with Gasteiger partial charge in [-0.25, -0.2) is 0 Å². The lowest BCUT2D eigenvalue weighted by atomic mass is 9.80. The second kappa shape index (κ2) is 11.9. The van der Waals surface area contributed by atoms with E-state index in [-0.39, 0.29) is 5.92 Å². The number of anilines is 5. The average Bonchev–Trinajstić information content (AvgIpc) is 2.90. The molecule has 37 heavy (non-hydrogen) atoms. The molecule has 198 valence electrons. The fourth-order valence-corrected chi connectivity index (χ4v) is 6.31. The van der Waals surface area contributed by atoms with Crippen molar-refractivity contribution in [1.82, 2.24) is 0 Å². The maximum Gasteiger partial charge on any atom is 0.0483 e. The molecule has 0 fully saturated rings. The van der Waals surface area contributed by atoms with Gasteiger partial charge in [-0.1, -0.05) is 35.3 Å². The highest BCUT2D eigenvalue weighted by Gasteiger charge is 2.31. The minimum absolute atomic E-state index is 0.0616. The fourth-order valence-electron chi connectivity index (χ4n) is 5.62. The van der Waals surface area contributed by atoms with Gasteiger partial charge in [-0.15, -0.1) is 0 Å². The molecule has 1 heterocycles. The average molecular weight is 540 g/mol. The number of fused-ring (bicyclic) bond motifs is 2. The quantitative estimate of drug-likeness (QED) is 0.217. The van der Waals surface area contributed by atoms with Crippen LogP contribution < -0.4 is 20.0 Å². The Kier molecular flexibility index (Phi) is 8.82. The van der Waals surface area contributed by atoms with Crippen LogP contribution in [-0.4, -0.2) is 39.3 Å². The van der Waals surface area contributed by atoms with E-state index in [0.717, 1.165) is 61.9 Å². The van der Waals surface area contributed by atoms with Crippen LogP contribution in [0.4, 0.5) is 28.4 Å². The van der Waals surface area contributed by atoms with Crippen molar-refractivity contribution in [1.29, 1.82) is 0 Å². The highest BCUT2D eigenvalue weighted by Crippen LogP contribution is 2.50. The van der Waals surface area contributed by atoms with E-state index in [1.54, 1.807) is 0 Å². The van der Waals surface area contributed by atoms with Gasteiger partial charge in [0.1, 0.15) is 0 Å². The Morgan fingerprint density at radius 2 is 0.946 bits per heavy atom. The summed E-state index contributed by atoms with van der Waals surface area (Å²) < 4.78 is 0. The van der Waals surface area contributed by atoms with Crippen molar-refractivity contribution < 1.29 is 0 Å². The summed E-state index contributed by atoms with van der Waals surface area (Å²) in [5.41, 5.74) is 9.06. The van der Waals surface area contributed by atoms with Crippen LogP contribution in [0, 0.1) is 0 Å². The summed E-state index contributed by atoms with van der Waals surface area (Å²) in [6, 6.07) is 17.6. The SMILES string of the molecule is CCN(CC)c1cc(Cl)c(C2c3ccc(N(CC)CC)cc3Nc3cc(N(CC)CC)ccc32)c(Cl)c1. The first kappa shape index (κ1) is 27.5. The maximum atomic E-state index is 7.06. The third kappa shape index (κ3) is 5.24. The third-order valence-electron chi connectivity index (χ3n) is 7.70. The lowest BCUT2D eigenvalue weighted by Crippen LogP contribution is -2.24. The van der Waals surface area contributed by atoms with Gasteiger partial charge in [-0.2, -0.15) is 0 Å². The second-order valence-electron chi connectivity index (χ2n) is 9.44. The van der Waals surface area contributed by atoms with E-state index in [1.807, 2.05) is 0 Å². The van der Waals surface area contributed by atoms with E-state index in [0.29, 0.717) is 10.0 Å². The van der Waals surface area contributed by atoms with E-state index in [4.69, 9.17) is 23.2 Å². The summed E-state index contributed by atoms with van der Waals surface area (Å²) in [6.07, 6.45) is 0. The minimum atomic E-state index is -0.0616. The van der Waals surface area contributed by atoms with Crippen LogP contribution in [0.5, 0.6) is 0 Å². The van der Waals surface area contributed by atoms with Gasteiger partial charge < -0.3 is 20.0 Å². The number of rotatable bonds is 10. The van der Waals surface area contributed by atoms with E-state index >= 15 is 0 Å². The Morgan fingerprint density at radius 1 is 0.568 bits per heavy atom. The zero-order valence-electron chi connectivity index (χ0n) is 23.0. The van der Waals surface area contributed by atoms with Gasteiger partial charge in [0.25, 0.3) is 0 Å². The predicted molar refractivity (Wildman–Crippen MR) is 164 cm³/mol. The number of hydrogen-bond acceptors (Lipinski definition) is 4. The van der Waals surface area contributed by atoms with Gasteiger partial charge in [0.15, 0.2) is 0 Å². The molecule has 0 atom stereocenters. The Bertz CT molecular complexity index is 1150. The van der Waals surface area contributed by atoms with Gasteiger partial charge in [-0.05, 0) is 89.1 Å². The molecule has 3 aromatic carbocycles. The molecule has 1 aliphatic heterocycles. The molecule has 0 saturated carbocycles. The molecular formula is C31H40Cl2N4. The molecular weight excluding hydrogens is 499 g/mol. The van der Waals surface area contributed by atoms with Gasteiger partial charge >= 0.3 is 0 Å². The number of nitrogens with one attached hydrogen (secondary N) is 1. The van der Waals surface area contributed by atoms with Crippen molar-refractivity contribution in [3.63, 3.8) is 0 Å². The smallest absolute Gasteiger partial charge is 0.0483 e. The molecule has 0 unspecified atom stereocenters. The van der Waals surface area contributed by atoms with Crippen LogP contribution >= 0.6 is 23.2 Å². The molecule has 4 nitrogen and oxygen atoms in total. The van der Waals surface area contributed by atoms with Crippen LogP contribution in [0.2, 0.25) is 10.0 Å². The first-order valence-corrected chi connectivity index (χ1v) is 14.4. The van der Waals surface area contributed by atoms with Crippen molar-refractivity contribution in [3.8, 4) is 0 Å². The number of halogens is 2. The van der Waals surface area contributed by atoms with Crippen LogP contribution in [0.25, 0.3) is 0 Å². The van der Waals surface area contributed by atoms with Crippen LogP contribution in [0.1, 0.15) is 64.2 Å². The van der Waals surface area contributed by atoms with Crippen molar-refractivity contribution in [2.75, 3.05) is 59.3 Å². The number of nitrogens with zero attached hydrogens (tertiary/aromatic N) is 3. The molecule has 6 heteroatoms. The van der Waals surface area contributed by atoms with Crippen LogP contribution in [-0.2, 0) is 0 Å². The van der Waals surface area contributed by atoms with E-state index < -0.39 is 0 Å². The largest absolute Gasteiger partial charge is 0.372 e. The first-order valence-electron chi connectivity index (χ1n) is 13.7. The lowest BCUT2D eigenvalue weighted by molar-refractivity contribution is 0.860. The predicted octanol–water partition coefficient (Wildman–Crippen LogP) is 8.77. The Balaban J connectivity index is 1.92. The number of benzene rings is 3. The summed E-state index contributed by atoms with van der Waals surface area (Å²) in [7, 11) is 0. The standard InChI is InChI=1S/C31H40Cl2N4/c1-7-35(8-2)21-13-15-24-28(19-21)34-29-20-22(36(9-3)10-4)14-16-25(29)30(24)31-26(32)17-23(18-27(31)33)37(11-5)12-6/h13-20,30,34H,7-12H2,1-6H3.